The standard InChI is InChI=1S/C4H10O3S.Li.H/c1-2-3-4-7-8(5)6;;/h2-4H2,1H3,(H,5,6);;/q;+1;-1/p-1. The molecule has 0 aliphatic carbocycles. The van der Waals surface area contributed by atoms with Gasteiger partial charge in [-0.3, -0.25) is 0 Å². The zero-order chi connectivity index (χ0) is 6.41. The Hall–Kier alpha value is 0.667. The molecular formula is C4H10LiO3S-. The summed E-state index contributed by atoms with van der Waals surface area (Å²) in [7, 11) is 0. The molecule has 9 heavy (non-hydrogen) atoms. The molecule has 0 fully saturated rings. The Labute approximate surface area is 71.3 Å². The van der Waals surface area contributed by atoms with E-state index in [2.05, 4.69) is 4.18 Å². The molecule has 5 heteroatoms. The Morgan fingerprint density at radius 1 is 1.78 bits per heavy atom. The van der Waals surface area contributed by atoms with Crippen LogP contribution in [0.5, 0.6) is 0 Å². The van der Waals surface area contributed by atoms with Gasteiger partial charge < -0.3 is 10.2 Å². The molecule has 0 aliphatic rings. The van der Waals surface area contributed by atoms with Crippen molar-refractivity contribution in [1.29, 1.82) is 0 Å². The zero-order valence-electron chi connectivity index (χ0n) is 6.75. The average Bonchev–Trinajstić information content (AvgIpc) is 1.66. The second kappa shape index (κ2) is 8.67. The van der Waals surface area contributed by atoms with Crippen LogP contribution in [0, 0.1) is 0 Å². The van der Waals surface area contributed by atoms with Crippen LogP contribution in [0.25, 0.3) is 0 Å². The van der Waals surface area contributed by atoms with Crippen molar-refractivity contribution in [3.8, 4) is 0 Å². The van der Waals surface area contributed by atoms with Gasteiger partial charge in [0.15, 0.2) is 0 Å². The summed E-state index contributed by atoms with van der Waals surface area (Å²) in [6.45, 7) is 2.28. The van der Waals surface area contributed by atoms with E-state index >= 15 is 0 Å². The summed E-state index contributed by atoms with van der Waals surface area (Å²) >= 11 is -2.32. The van der Waals surface area contributed by atoms with Crippen molar-refractivity contribution in [3.63, 3.8) is 0 Å². The molecule has 1 atom stereocenters. The van der Waals surface area contributed by atoms with Gasteiger partial charge in [-0.15, -0.1) is 0 Å². The fraction of sp³-hybridized carbons (Fsp3) is 1.00. The fourth-order valence-electron chi connectivity index (χ4n) is 0.271. The van der Waals surface area contributed by atoms with Crippen molar-refractivity contribution in [3.05, 3.63) is 0 Å². The minimum atomic E-state index is -2.32. The van der Waals surface area contributed by atoms with Crippen molar-refractivity contribution in [2.45, 2.75) is 19.8 Å². The average molecular weight is 145 g/mol. The third-order valence-corrected chi connectivity index (χ3v) is 1.04. The molecule has 0 saturated heterocycles. The zero-order valence-corrected chi connectivity index (χ0v) is 6.57. The maximum atomic E-state index is 9.65. The van der Waals surface area contributed by atoms with Crippen LogP contribution in [0.3, 0.4) is 0 Å². The fourth-order valence-corrected chi connectivity index (χ4v) is 0.525. The molecule has 0 rings (SSSR count). The van der Waals surface area contributed by atoms with Crippen molar-refractivity contribution < 1.29 is 33.2 Å². The summed E-state index contributed by atoms with van der Waals surface area (Å²) in [6, 6.07) is 0. The molecule has 0 N–H and O–H groups in total. The van der Waals surface area contributed by atoms with Crippen LogP contribution in [0.2, 0.25) is 0 Å². The minimum absolute atomic E-state index is 0. The van der Waals surface area contributed by atoms with Gasteiger partial charge >= 0.3 is 18.9 Å². The van der Waals surface area contributed by atoms with E-state index in [4.69, 9.17) is 0 Å². The molecule has 52 valence electrons. The van der Waals surface area contributed by atoms with Gasteiger partial charge in [-0.1, -0.05) is 13.3 Å². The molecule has 1 unspecified atom stereocenters. The first kappa shape index (κ1) is 12.4. The van der Waals surface area contributed by atoms with Crippen molar-refractivity contribution >= 4 is 11.4 Å². The Balaban J connectivity index is -0.000000245. The maximum absolute atomic E-state index is 9.65. The first-order valence-corrected chi connectivity index (χ1v) is 3.50. The molecule has 0 spiro atoms. The molecule has 0 bridgehead atoms. The van der Waals surface area contributed by atoms with Gasteiger partial charge in [-0.2, -0.15) is 0 Å². The first-order chi connectivity index (χ1) is 3.77. The molecule has 0 aromatic carbocycles. The van der Waals surface area contributed by atoms with Crippen LogP contribution in [0.4, 0.5) is 0 Å². The van der Waals surface area contributed by atoms with Gasteiger partial charge in [0.05, 0.1) is 18.0 Å². The number of rotatable bonds is 4. The molecule has 3 nitrogen and oxygen atoms in total. The van der Waals surface area contributed by atoms with E-state index in [1.807, 2.05) is 6.92 Å². The normalized spacial score (nSPS) is 12.2. The molecule has 0 aromatic rings. The van der Waals surface area contributed by atoms with Crippen molar-refractivity contribution in [2.75, 3.05) is 6.61 Å². The monoisotopic (exact) mass is 145 g/mol. The number of unbranched alkanes of at least 4 members (excludes halogenated alkanes) is 1. The van der Waals surface area contributed by atoms with Crippen molar-refractivity contribution in [1.82, 2.24) is 0 Å². The number of hydrogen-bond donors (Lipinski definition) is 0. The van der Waals surface area contributed by atoms with Crippen LogP contribution in [0.1, 0.15) is 21.2 Å². The molecular weight excluding hydrogens is 135 g/mol. The minimum Gasteiger partial charge on any atom is -1.00 e. The van der Waals surface area contributed by atoms with Crippen LogP contribution >= 0.6 is 0 Å². The molecule has 0 saturated carbocycles. The van der Waals surface area contributed by atoms with E-state index in [-0.39, 0.29) is 20.3 Å². The van der Waals surface area contributed by atoms with Gasteiger partial charge in [-0.25, -0.2) is 4.21 Å². The van der Waals surface area contributed by atoms with Crippen LogP contribution in [-0.2, 0) is 15.5 Å². The van der Waals surface area contributed by atoms with E-state index in [1.54, 1.807) is 0 Å². The Kier molecular flexibility index (Phi) is 11.9. The second-order valence-corrected chi connectivity index (χ2v) is 2.02. The second-order valence-electron chi connectivity index (χ2n) is 1.38. The van der Waals surface area contributed by atoms with Gasteiger partial charge in [-0.05, 0) is 6.42 Å². The van der Waals surface area contributed by atoms with Crippen molar-refractivity contribution in [2.24, 2.45) is 0 Å². The smallest absolute Gasteiger partial charge is 1.00 e. The predicted molar refractivity (Wildman–Crippen MR) is 30.9 cm³/mol. The topological polar surface area (TPSA) is 49.4 Å². The molecule has 0 heterocycles. The van der Waals surface area contributed by atoms with E-state index in [0.717, 1.165) is 12.8 Å². The van der Waals surface area contributed by atoms with Gasteiger partial charge in [0, 0.05) is 0 Å². The molecule has 0 aliphatic heterocycles. The molecule has 0 radical (unpaired) electrons. The molecule has 0 amide bonds. The summed E-state index contributed by atoms with van der Waals surface area (Å²) in [6.07, 6.45) is 1.76. The summed E-state index contributed by atoms with van der Waals surface area (Å²) in [4.78, 5) is 0. The van der Waals surface area contributed by atoms with E-state index in [0.29, 0.717) is 6.61 Å². The Morgan fingerprint density at radius 3 is 2.67 bits per heavy atom. The van der Waals surface area contributed by atoms with E-state index in [9.17, 15) is 8.76 Å². The number of hydrogen-bond acceptors (Lipinski definition) is 3. The largest absolute Gasteiger partial charge is 1.00 e. The predicted octanol–water partition coefficient (Wildman–Crippen LogP) is -2.29. The first-order valence-electron chi connectivity index (χ1n) is 2.50. The summed E-state index contributed by atoms with van der Waals surface area (Å²) in [5.41, 5.74) is 0. The summed E-state index contributed by atoms with van der Waals surface area (Å²) in [5, 5.41) is 0. The maximum Gasteiger partial charge on any atom is 1.00 e. The summed E-state index contributed by atoms with van der Waals surface area (Å²) in [5.74, 6) is 0. The van der Waals surface area contributed by atoms with Gasteiger partial charge in [0.25, 0.3) is 0 Å². The summed E-state index contributed by atoms with van der Waals surface area (Å²) < 4.78 is 23.5. The van der Waals surface area contributed by atoms with Gasteiger partial charge in [0.2, 0.25) is 0 Å². The van der Waals surface area contributed by atoms with Crippen LogP contribution in [-0.4, -0.2) is 15.4 Å². The third-order valence-electron chi connectivity index (χ3n) is 0.677. The molecule has 0 aromatic heterocycles. The van der Waals surface area contributed by atoms with E-state index < -0.39 is 11.4 Å². The Morgan fingerprint density at radius 2 is 2.33 bits per heavy atom. The van der Waals surface area contributed by atoms with Crippen LogP contribution in [0.15, 0.2) is 0 Å². The van der Waals surface area contributed by atoms with Crippen LogP contribution < -0.4 is 18.9 Å². The van der Waals surface area contributed by atoms with E-state index in [1.165, 1.54) is 0 Å². The quantitative estimate of drug-likeness (QED) is 0.254. The SMILES string of the molecule is CCCCOS(=O)[O-].[H-].[Li+]. The Bertz CT molecular complexity index is 82.9. The van der Waals surface area contributed by atoms with Gasteiger partial charge in [0.1, 0.15) is 0 Å². The third kappa shape index (κ3) is 12.0.